The van der Waals surface area contributed by atoms with Crippen molar-refractivity contribution in [3.05, 3.63) is 16.0 Å². The van der Waals surface area contributed by atoms with E-state index >= 15 is 0 Å². The lowest BCUT2D eigenvalue weighted by molar-refractivity contribution is -0.117. The zero-order chi connectivity index (χ0) is 11.7. The van der Waals surface area contributed by atoms with Gasteiger partial charge < -0.3 is 11.1 Å². The largest absolute Gasteiger partial charge is 0.320 e. The molecule has 1 aromatic rings. The number of thiophene rings is 1. The van der Waals surface area contributed by atoms with Crippen molar-refractivity contribution >= 4 is 22.2 Å². The van der Waals surface area contributed by atoms with Crippen molar-refractivity contribution in [2.24, 2.45) is 5.73 Å². The lowest BCUT2D eigenvalue weighted by Gasteiger charge is -2.06. The number of rotatable bonds is 2. The van der Waals surface area contributed by atoms with E-state index in [1.54, 1.807) is 6.92 Å². The van der Waals surface area contributed by atoms with Gasteiger partial charge >= 0.3 is 0 Å². The summed E-state index contributed by atoms with van der Waals surface area (Å²) in [4.78, 5) is 12.7. The number of carbonyl (C=O) groups is 1. The molecular formula is C11H13N3OS. The molecule has 2 rings (SSSR count). The Hall–Kier alpha value is -1.38. The standard InChI is InChI=1S/C11H13N3OS/c1-6(13)10(15)14-11-8(5-12)7-3-2-4-9(7)16-11/h6H,2-4,13H2,1H3,(H,14,15)/t6-/m0/s1. The number of aryl methyl sites for hydroxylation is 1. The summed E-state index contributed by atoms with van der Waals surface area (Å²) in [5.74, 6) is -0.239. The van der Waals surface area contributed by atoms with Crippen LogP contribution in [0.5, 0.6) is 0 Å². The lowest BCUT2D eigenvalue weighted by Crippen LogP contribution is -2.32. The van der Waals surface area contributed by atoms with Gasteiger partial charge in [-0.3, -0.25) is 4.79 Å². The number of nitrogens with zero attached hydrogens (tertiary/aromatic N) is 1. The molecule has 0 saturated heterocycles. The Morgan fingerprint density at radius 2 is 2.38 bits per heavy atom. The molecule has 0 saturated carbocycles. The fraction of sp³-hybridized carbons (Fsp3) is 0.455. The molecule has 16 heavy (non-hydrogen) atoms. The maximum atomic E-state index is 11.5. The summed E-state index contributed by atoms with van der Waals surface area (Å²) in [7, 11) is 0. The third kappa shape index (κ3) is 1.82. The van der Waals surface area contributed by atoms with Crippen LogP contribution < -0.4 is 11.1 Å². The van der Waals surface area contributed by atoms with Gasteiger partial charge in [-0.1, -0.05) is 0 Å². The van der Waals surface area contributed by atoms with Crippen molar-refractivity contribution in [1.82, 2.24) is 0 Å². The number of carbonyl (C=O) groups excluding carboxylic acids is 1. The monoisotopic (exact) mass is 235 g/mol. The number of hydrogen-bond acceptors (Lipinski definition) is 4. The van der Waals surface area contributed by atoms with Crippen molar-refractivity contribution in [3.8, 4) is 6.07 Å². The fourth-order valence-corrected chi connectivity index (χ4v) is 3.08. The van der Waals surface area contributed by atoms with E-state index in [2.05, 4.69) is 11.4 Å². The fourth-order valence-electron chi connectivity index (χ4n) is 1.84. The van der Waals surface area contributed by atoms with Gasteiger partial charge in [0, 0.05) is 4.88 Å². The normalized spacial score (nSPS) is 15.3. The summed E-state index contributed by atoms with van der Waals surface area (Å²) >= 11 is 1.51. The molecule has 1 aliphatic rings. The van der Waals surface area contributed by atoms with Crippen LogP contribution in [0.15, 0.2) is 0 Å². The molecule has 0 spiro atoms. The third-order valence-corrected chi connectivity index (χ3v) is 3.89. The summed E-state index contributed by atoms with van der Waals surface area (Å²) in [6, 6.07) is 1.62. The second kappa shape index (κ2) is 4.24. The second-order valence-electron chi connectivity index (χ2n) is 3.95. The molecule has 0 unspecified atom stereocenters. The predicted octanol–water partition coefficient (Wildman–Crippen LogP) is 1.39. The average Bonchev–Trinajstić information content (AvgIpc) is 2.77. The summed E-state index contributed by atoms with van der Waals surface area (Å²) in [6.45, 7) is 1.63. The molecule has 1 amide bonds. The molecule has 1 heterocycles. The zero-order valence-electron chi connectivity index (χ0n) is 9.04. The van der Waals surface area contributed by atoms with Crippen molar-refractivity contribution in [2.75, 3.05) is 5.32 Å². The molecule has 1 aromatic heterocycles. The van der Waals surface area contributed by atoms with Gasteiger partial charge in [0.25, 0.3) is 0 Å². The van der Waals surface area contributed by atoms with Gasteiger partial charge in [0.05, 0.1) is 11.6 Å². The first-order chi connectivity index (χ1) is 7.63. The van der Waals surface area contributed by atoms with Crippen LogP contribution in [-0.4, -0.2) is 11.9 Å². The van der Waals surface area contributed by atoms with Gasteiger partial charge in [0.1, 0.15) is 11.1 Å². The van der Waals surface area contributed by atoms with E-state index in [0.29, 0.717) is 10.6 Å². The number of fused-ring (bicyclic) bond motifs is 1. The van der Waals surface area contributed by atoms with Gasteiger partial charge in [-0.2, -0.15) is 5.26 Å². The highest BCUT2D eigenvalue weighted by Gasteiger charge is 2.23. The van der Waals surface area contributed by atoms with Gasteiger partial charge in [-0.25, -0.2) is 0 Å². The maximum absolute atomic E-state index is 11.5. The Bertz CT molecular complexity index is 470. The molecule has 1 atom stereocenters. The summed E-state index contributed by atoms with van der Waals surface area (Å²) in [6.07, 6.45) is 3.07. The smallest absolute Gasteiger partial charge is 0.241 e. The molecule has 3 N–H and O–H groups in total. The summed E-state index contributed by atoms with van der Waals surface area (Å²) in [5.41, 5.74) is 7.23. The molecule has 4 nitrogen and oxygen atoms in total. The van der Waals surface area contributed by atoms with Gasteiger partial charge in [-0.05, 0) is 31.7 Å². The Morgan fingerprint density at radius 3 is 3.00 bits per heavy atom. The second-order valence-corrected chi connectivity index (χ2v) is 5.06. The highest BCUT2D eigenvalue weighted by Crippen LogP contribution is 2.38. The first kappa shape index (κ1) is 11.1. The molecule has 84 valence electrons. The first-order valence-electron chi connectivity index (χ1n) is 5.24. The quantitative estimate of drug-likeness (QED) is 0.813. The highest BCUT2D eigenvalue weighted by atomic mass is 32.1. The lowest BCUT2D eigenvalue weighted by atomic mass is 10.1. The topological polar surface area (TPSA) is 78.9 Å². The SMILES string of the molecule is C[C@H](N)C(=O)Nc1sc2c(c1C#N)CCC2. The molecule has 0 aromatic carbocycles. The van der Waals surface area contributed by atoms with Crippen LogP contribution in [0.1, 0.15) is 29.3 Å². The summed E-state index contributed by atoms with van der Waals surface area (Å²) in [5, 5.41) is 12.5. The van der Waals surface area contributed by atoms with E-state index in [4.69, 9.17) is 11.0 Å². The molecule has 5 heteroatoms. The van der Waals surface area contributed by atoms with Gasteiger partial charge in [-0.15, -0.1) is 11.3 Å². The number of hydrogen-bond donors (Lipinski definition) is 2. The van der Waals surface area contributed by atoms with Crippen LogP contribution in [0, 0.1) is 11.3 Å². The highest BCUT2D eigenvalue weighted by molar-refractivity contribution is 7.16. The van der Waals surface area contributed by atoms with Gasteiger partial charge in [0.15, 0.2) is 0 Å². The minimum absolute atomic E-state index is 0.239. The van der Waals surface area contributed by atoms with Crippen molar-refractivity contribution in [3.63, 3.8) is 0 Å². The average molecular weight is 235 g/mol. The first-order valence-corrected chi connectivity index (χ1v) is 6.06. The summed E-state index contributed by atoms with van der Waals surface area (Å²) < 4.78 is 0. The minimum atomic E-state index is -0.552. The van der Waals surface area contributed by atoms with Crippen LogP contribution in [0.3, 0.4) is 0 Å². The van der Waals surface area contributed by atoms with Crippen molar-refractivity contribution < 1.29 is 4.79 Å². The van der Waals surface area contributed by atoms with E-state index < -0.39 is 6.04 Å². The molecular weight excluding hydrogens is 222 g/mol. The zero-order valence-corrected chi connectivity index (χ0v) is 9.86. The molecule has 0 aliphatic heterocycles. The van der Waals surface area contributed by atoms with E-state index in [9.17, 15) is 4.79 Å². The molecule has 0 radical (unpaired) electrons. The number of amides is 1. The van der Waals surface area contributed by atoms with Crippen LogP contribution in [0.4, 0.5) is 5.00 Å². The van der Waals surface area contributed by atoms with Crippen LogP contribution in [0.25, 0.3) is 0 Å². The third-order valence-electron chi connectivity index (χ3n) is 2.68. The van der Waals surface area contributed by atoms with Crippen LogP contribution in [0.2, 0.25) is 0 Å². The maximum Gasteiger partial charge on any atom is 0.241 e. The van der Waals surface area contributed by atoms with Crippen LogP contribution in [-0.2, 0) is 17.6 Å². The Balaban J connectivity index is 2.29. The van der Waals surface area contributed by atoms with E-state index in [1.165, 1.54) is 16.2 Å². The Labute approximate surface area is 98.1 Å². The van der Waals surface area contributed by atoms with Crippen molar-refractivity contribution in [2.45, 2.75) is 32.2 Å². The minimum Gasteiger partial charge on any atom is -0.320 e. The number of nitrogens with one attached hydrogen (secondary N) is 1. The molecule has 1 aliphatic carbocycles. The predicted molar refractivity (Wildman–Crippen MR) is 63.3 cm³/mol. The number of nitriles is 1. The van der Waals surface area contributed by atoms with Gasteiger partial charge in [0.2, 0.25) is 5.91 Å². The number of anilines is 1. The van der Waals surface area contributed by atoms with Crippen molar-refractivity contribution in [1.29, 1.82) is 5.26 Å². The number of nitrogens with two attached hydrogens (primary N) is 1. The Kier molecular flexibility index (Phi) is 2.95. The Morgan fingerprint density at radius 1 is 1.62 bits per heavy atom. The van der Waals surface area contributed by atoms with E-state index in [0.717, 1.165) is 24.8 Å². The van der Waals surface area contributed by atoms with Crippen LogP contribution >= 0.6 is 11.3 Å². The molecule has 0 fully saturated rings. The van der Waals surface area contributed by atoms with E-state index in [-0.39, 0.29) is 5.91 Å². The molecule has 0 bridgehead atoms. The van der Waals surface area contributed by atoms with E-state index in [1.807, 2.05) is 0 Å².